The van der Waals surface area contributed by atoms with Crippen molar-refractivity contribution in [3.8, 4) is 17.1 Å². The molecule has 0 aliphatic carbocycles. The fourth-order valence-corrected chi connectivity index (χ4v) is 2.96. The van der Waals surface area contributed by atoms with E-state index in [2.05, 4.69) is 26.0 Å². The second-order valence-electron chi connectivity index (χ2n) is 6.47. The summed E-state index contributed by atoms with van der Waals surface area (Å²) in [5.74, 6) is 0.734. The summed E-state index contributed by atoms with van der Waals surface area (Å²) >= 11 is 0. The van der Waals surface area contributed by atoms with Crippen LogP contribution in [0.3, 0.4) is 0 Å². The minimum absolute atomic E-state index is 0.261. The number of amides is 2. The van der Waals surface area contributed by atoms with Gasteiger partial charge in [-0.2, -0.15) is 5.10 Å². The van der Waals surface area contributed by atoms with Crippen LogP contribution < -0.4 is 15.4 Å². The van der Waals surface area contributed by atoms with Gasteiger partial charge in [-0.1, -0.05) is 29.5 Å². The molecule has 0 aliphatic heterocycles. The third-order valence-corrected chi connectivity index (χ3v) is 4.47. The summed E-state index contributed by atoms with van der Waals surface area (Å²) < 4.78 is 8.63. The Hall–Kier alpha value is -4.14. The summed E-state index contributed by atoms with van der Waals surface area (Å²) in [4.78, 5) is 12.2. The molecule has 2 amide bonds. The Bertz CT molecular complexity index is 1120. The topological polar surface area (TPSA) is 98.9 Å². The minimum Gasteiger partial charge on any atom is -0.497 e. The second-order valence-corrected chi connectivity index (χ2v) is 6.47. The summed E-state index contributed by atoms with van der Waals surface area (Å²) in [5, 5.41) is 18.1. The number of aromatic nitrogens is 5. The lowest BCUT2D eigenvalue weighted by Crippen LogP contribution is -2.34. The van der Waals surface area contributed by atoms with Crippen molar-refractivity contribution in [2.45, 2.75) is 13.1 Å². The molecule has 0 aliphatic rings. The first-order chi connectivity index (χ1) is 14.7. The van der Waals surface area contributed by atoms with E-state index < -0.39 is 0 Å². The highest BCUT2D eigenvalue weighted by Gasteiger charge is 2.08. The third-order valence-electron chi connectivity index (χ3n) is 4.47. The number of hydrogen-bond acceptors (Lipinski definition) is 5. The number of hydrogen-bond donors (Lipinski definition) is 2. The number of carbonyl (C=O) groups excluding carboxylic acids is 1. The zero-order valence-corrected chi connectivity index (χ0v) is 16.4. The van der Waals surface area contributed by atoms with Gasteiger partial charge in [-0.15, -0.1) is 5.10 Å². The van der Waals surface area contributed by atoms with Crippen molar-refractivity contribution < 1.29 is 9.53 Å². The Kier molecular flexibility index (Phi) is 5.70. The zero-order chi connectivity index (χ0) is 20.8. The summed E-state index contributed by atoms with van der Waals surface area (Å²) in [6, 6.07) is 16.8. The molecule has 0 radical (unpaired) electrons. The number of nitrogens with one attached hydrogen (secondary N) is 2. The number of para-hydroxylation sites is 1. The van der Waals surface area contributed by atoms with Crippen LogP contribution in [0, 0.1) is 0 Å². The molecular weight excluding hydrogens is 382 g/mol. The number of ether oxygens (including phenoxy) is 1. The Labute approximate surface area is 173 Å². The lowest BCUT2D eigenvalue weighted by Gasteiger charge is -2.11. The van der Waals surface area contributed by atoms with E-state index in [1.54, 1.807) is 28.9 Å². The van der Waals surface area contributed by atoms with Crippen LogP contribution in [-0.2, 0) is 13.1 Å². The molecule has 0 spiro atoms. The van der Waals surface area contributed by atoms with Crippen molar-refractivity contribution in [3.63, 3.8) is 0 Å². The van der Waals surface area contributed by atoms with Gasteiger partial charge in [0.1, 0.15) is 11.4 Å². The quantitative estimate of drug-likeness (QED) is 0.494. The van der Waals surface area contributed by atoms with Crippen molar-refractivity contribution in [2.75, 3.05) is 7.11 Å². The maximum atomic E-state index is 12.2. The Balaban J connectivity index is 1.33. The van der Waals surface area contributed by atoms with Gasteiger partial charge in [0.2, 0.25) is 0 Å². The molecule has 30 heavy (non-hydrogen) atoms. The average Bonchev–Trinajstić information content (AvgIpc) is 3.49. The molecule has 152 valence electrons. The molecule has 2 N–H and O–H groups in total. The van der Waals surface area contributed by atoms with Crippen LogP contribution in [0.25, 0.3) is 11.4 Å². The molecular formula is C21H21N7O2. The van der Waals surface area contributed by atoms with Crippen molar-refractivity contribution in [3.05, 3.63) is 84.4 Å². The molecule has 4 rings (SSSR count). The third kappa shape index (κ3) is 4.46. The molecule has 9 heteroatoms. The van der Waals surface area contributed by atoms with E-state index in [9.17, 15) is 4.79 Å². The van der Waals surface area contributed by atoms with E-state index >= 15 is 0 Å². The first kappa shape index (κ1) is 19.2. The van der Waals surface area contributed by atoms with Crippen LogP contribution in [0.15, 0.2) is 73.2 Å². The smallest absolute Gasteiger partial charge is 0.315 e. The molecule has 2 aromatic heterocycles. The minimum atomic E-state index is -0.291. The standard InChI is InChI=1S/C21H21N7O2/c1-30-19-8-4-7-18(12-19)28-15-17(25-26-28)14-23-21(29)22-13-16-6-2-3-9-20(16)27-11-5-10-24-27/h2-12,15H,13-14H2,1H3,(H2,22,23,29). The van der Waals surface area contributed by atoms with Gasteiger partial charge in [0.15, 0.2) is 0 Å². The predicted octanol–water partition coefficient (Wildman–Crippen LogP) is 2.46. The molecule has 0 bridgehead atoms. The van der Waals surface area contributed by atoms with Crippen LogP contribution >= 0.6 is 0 Å². The maximum absolute atomic E-state index is 12.2. The van der Waals surface area contributed by atoms with Gasteiger partial charge in [0.25, 0.3) is 0 Å². The van der Waals surface area contributed by atoms with Crippen molar-refractivity contribution >= 4 is 6.03 Å². The summed E-state index contributed by atoms with van der Waals surface area (Å²) in [6.07, 6.45) is 5.35. The number of carbonyl (C=O) groups is 1. The molecule has 0 fully saturated rings. The van der Waals surface area contributed by atoms with Crippen LogP contribution in [0.1, 0.15) is 11.3 Å². The zero-order valence-electron chi connectivity index (χ0n) is 16.4. The van der Waals surface area contributed by atoms with Gasteiger partial charge < -0.3 is 15.4 Å². The summed E-state index contributed by atoms with van der Waals surface area (Å²) in [6.45, 7) is 0.634. The van der Waals surface area contributed by atoms with E-state index in [4.69, 9.17) is 4.74 Å². The predicted molar refractivity (Wildman–Crippen MR) is 111 cm³/mol. The van der Waals surface area contributed by atoms with Crippen LogP contribution in [0.4, 0.5) is 4.79 Å². The molecule has 0 unspecified atom stereocenters. The second kappa shape index (κ2) is 8.91. The van der Waals surface area contributed by atoms with E-state index in [0.29, 0.717) is 12.2 Å². The lowest BCUT2D eigenvalue weighted by atomic mass is 10.2. The van der Waals surface area contributed by atoms with Gasteiger partial charge in [-0.05, 0) is 29.8 Å². The average molecular weight is 403 g/mol. The first-order valence-corrected chi connectivity index (χ1v) is 9.38. The van der Waals surface area contributed by atoms with Crippen LogP contribution in [0.5, 0.6) is 5.75 Å². The number of methoxy groups -OCH3 is 1. The molecule has 2 aromatic carbocycles. The molecule has 0 saturated heterocycles. The molecule has 9 nitrogen and oxygen atoms in total. The SMILES string of the molecule is COc1cccc(-n2cc(CNC(=O)NCc3ccccc3-n3cccn3)nn2)c1. The maximum Gasteiger partial charge on any atom is 0.315 e. The Morgan fingerprint density at radius 1 is 1.03 bits per heavy atom. The van der Waals surface area contributed by atoms with Gasteiger partial charge in [0.05, 0.1) is 31.2 Å². The number of nitrogens with zero attached hydrogens (tertiary/aromatic N) is 5. The lowest BCUT2D eigenvalue weighted by molar-refractivity contribution is 0.240. The van der Waals surface area contributed by atoms with E-state index in [1.807, 2.05) is 60.8 Å². The van der Waals surface area contributed by atoms with Gasteiger partial charge >= 0.3 is 6.03 Å². The van der Waals surface area contributed by atoms with Crippen LogP contribution in [-0.4, -0.2) is 37.9 Å². The summed E-state index contributed by atoms with van der Waals surface area (Å²) in [5.41, 5.74) is 3.35. The molecule has 0 saturated carbocycles. The van der Waals surface area contributed by atoms with E-state index in [-0.39, 0.29) is 12.6 Å². The number of rotatable bonds is 7. The highest BCUT2D eigenvalue weighted by atomic mass is 16.5. The van der Waals surface area contributed by atoms with Gasteiger partial charge in [-0.3, -0.25) is 0 Å². The van der Waals surface area contributed by atoms with Crippen molar-refractivity contribution in [1.29, 1.82) is 0 Å². The first-order valence-electron chi connectivity index (χ1n) is 9.38. The molecule has 2 heterocycles. The highest BCUT2D eigenvalue weighted by Crippen LogP contribution is 2.16. The van der Waals surface area contributed by atoms with Crippen LogP contribution in [0.2, 0.25) is 0 Å². The number of urea groups is 1. The highest BCUT2D eigenvalue weighted by molar-refractivity contribution is 5.73. The Morgan fingerprint density at radius 3 is 2.73 bits per heavy atom. The Morgan fingerprint density at radius 2 is 1.90 bits per heavy atom. The number of benzene rings is 2. The fraction of sp³-hybridized carbons (Fsp3) is 0.143. The normalized spacial score (nSPS) is 10.6. The molecule has 0 atom stereocenters. The van der Waals surface area contributed by atoms with Gasteiger partial charge in [-0.25, -0.2) is 14.2 Å². The van der Waals surface area contributed by atoms with Crippen molar-refractivity contribution in [2.24, 2.45) is 0 Å². The monoisotopic (exact) mass is 403 g/mol. The van der Waals surface area contributed by atoms with E-state index in [1.165, 1.54) is 0 Å². The van der Waals surface area contributed by atoms with Crippen molar-refractivity contribution in [1.82, 2.24) is 35.4 Å². The van der Waals surface area contributed by atoms with E-state index in [0.717, 1.165) is 22.7 Å². The fourth-order valence-electron chi connectivity index (χ4n) is 2.96. The molecule has 4 aromatic rings. The summed E-state index contributed by atoms with van der Waals surface area (Å²) in [7, 11) is 1.61. The largest absolute Gasteiger partial charge is 0.497 e. The van der Waals surface area contributed by atoms with Gasteiger partial charge in [0, 0.05) is 25.0 Å².